The van der Waals surface area contributed by atoms with E-state index in [0.29, 0.717) is 28.0 Å². The normalized spacial score (nSPS) is 9.62. The van der Waals surface area contributed by atoms with Gasteiger partial charge in [-0.15, -0.1) is 0 Å². The number of hydrogen-bond acceptors (Lipinski definition) is 3. The number of methoxy groups -OCH3 is 1. The van der Waals surface area contributed by atoms with Gasteiger partial charge >= 0.3 is 0 Å². The summed E-state index contributed by atoms with van der Waals surface area (Å²) < 4.78 is 5.73. The van der Waals surface area contributed by atoms with Crippen molar-refractivity contribution < 1.29 is 9.53 Å². The van der Waals surface area contributed by atoms with Crippen LogP contribution in [0.3, 0.4) is 0 Å². The van der Waals surface area contributed by atoms with Crippen molar-refractivity contribution in [2.45, 2.75) is 0 Å². The summed E-state index contributed by atoms with van der Waals surface area (Å²) in [5.74, 6) is 0.342. The molecule has 0 heterocycles. The lowest BCUT2D eigenvalue weighted by molar-refractivity contribution is 0.0957. The molecule has 0 radical (unpaired) electrons. The maximum Gasteiger partial charge on any atom is 0.251 e. The lowest BCUT2D eigenvalue weighted by atomic mass is 10.2. The molecule has 5 heteroatoms. The number of rotatable bonds is 4. The van der Waals surface area contributed by atoms with E-state index in [2.05, 4.69) is 27.8 Å². The molecule has 3 N–H and O–H groups in total. The molecule has 0 fully saturated rings. The molecule has 0 unspecified atom stereocenters. The molecule has 1 rings (SSSR count). The Bertz CT molecular complexity index is 418. The van der Waals surface area contributed by atoms with Crippen LogP contribution in [0.15, 0.2) is 29.3 Å². The van der Waals surface area contributed by atoms with E-state index in [1.165, 1.54) is 7.11 Å². The van der Waals surface area contributed by atoms with Crippen molar-refractivity contribution in [3.8, 4) is 5.75 Å². The minimum absolute atomic E-state index is 0.216. The van der Waals surface area contributed by atoms with Crippen molar-refractivity contribution in [3.05, 3.63) is 34.8 Å². The van der Waals surface area contributed by atoms with Crippen molar-refractivity contribution in [1.82, 2.24) is 5.32 Å². The number of nitrogens with one attached hydrogen (secondary N) is 1. The molecular weight excluding hydrogens is 272 g/mol. The highest BCUT2D eigenvalue weighted by Gasteiger charge is 2.07. The monoisotopic (exact) mass is 284 g/mol. The number of ether oxygens (including phenoxy) is 1. The van der Waals surface area contributed by atoms with E-state index in [9.17, 15) is 4.79 Å². The highest BCUT2D eigenvalue weighted by Crippen LogP contribution is 2.18. The van der Waals surface area contributed by atoms with Crippen LogP contribution in [-0.2, 0) is 0 Å². The van der Waals surface area contributed by atoms with Gasteiger partial charge < -0.3 is 15.8 Å². The fourth-order valence-electron chi connectivity index (χ4n) is 1.15. The third-order valence-electron chi connectivity index (χ3n) is 1.87. The predicted molar refractivity (Wildman–Crippen MR) is 67.8 cm³/mol. The topological polar surface area (TPSA) is 64.4 Å². The summed E-state index contributed by atoms with van der Waals surface area (Å²) in [5, 5.41) is 2.68. The second kappa shape index (κ2) is 5.55. The average molecular weight is 285 g/mol. The van der Waals surface area contributed by atoms with Gasteiger partial charge in [0.25, 0.3) is 5.91 Å². The summed E-state index contributed by atoms with van der Waals surface area (Å²) in [5.41, 5.74) is 6.59. The number of carbonyl (C=O) groups excluding carboxylic acids is 1. The van der Waals surface area contributed by atoms with Gasteiger partial charge in [-0.2, -0.15) is 0 Å². The van der Waals surface area contributed by atoms with Gasteiger partial charge in [0, 0.05) is 28.3 Å². The van der Waals surface area contributed by atoms with Crippen molar-refractivity contribution in [1.29, 1.82) is 0 Å². The van der Waals surface area contributed by atoms with Crippen LogP contribution in [0, 0.1) is 0 Å². The molecule has 16 heavy (non-hydrogen) atoms. The summed E-state index contributed by atoms with van der Waals surface area (Å²) in [6.45, 7) is 4.00. The van der Waals surface area contributed by atoms with Crippen LogP contribution in [0.1, 0.15) is 10.4 Å². The summed E-state index contributed by atoms with van der Waals surface area (Å²) >= 11 is 3.16. The quantitative estimate of drug-likeness (QED) is 0.831. The second-order valence-electron chi connectivity index (χ2n) is 3.19. The van der Waals surface area contributed by atoms with E-state index in [1.807, 2.05) is 0 Å². The van der Waals surface area contributed by atoms with E-state index in [-0.39, 0.29) is 5.91 Å². The van der Waals surface area contributed by atoms with Crippen molar-refractivity contribution in [3.63, 3.8) is 0 Å². The highest BCUT2D eigenvalue weighted by atomic mass is 79.9. The largest absolute Gasteiger partial charge is 0.497 e. The van der Waals surface area contributed by atoms with Gasteiger partial charge in [-0.05, 0) is 12.1 Å². The van der Waals surface area contributed by atoms with E-state index < -0.39 is 0 Å². The van der Waals surface area contributed by atoms with Crippen LogP contribution in [0.5, 0.6) is 5.75 Å². The summed E-state index contributed by atoms with van der Waals surface area (Å²) in [6, 6.07) is 4.87. The van der Waals surface area contributed by atoms with Gasteiger partial charge in [0.15, 0.2) is 0 Å². The molecule has 86 valence electrons. The number of nitrogens with two attached hydrogens (primary N) is 1. The Hall–Kier alpha value is -1.49. The molecule has 0 spiro atoms. The molecule has 0 aromatic heterocycles. The lowest BCUT2D eigenvalue weighted by Crippen LogP contribution is -2.24. The van der Waals surface area contributed by atoms with Crippen molar-refractivity contribution in [2.24, 2.45) is 0 Å². The van der Waals surface area contributed by atoms with Gasteiger partial charge in [-0.3, -0.25) is 4.79 Å². The van der Waals surface area contributed by atoms with Crippen LogP contribution >= 0.6 is 15.9 Å². The average Bonchev–Trinajstić information content (AvgIpc) is 2.24. The van der Waals surface area contributed by atoms with Gasteiger partial charge in [0.1, 0.15) is 5.75 Å². The molecule has 1 amide bonds. The predicted octanol–water partition coefficient (Wildman–Crippen LogP) is 1.92. The van der Waals surface area contributed by atoms with Crippen LogP contribution in [0.2, 0.25) is 0 Å². The number of hydrogen-bond donors (Lipinski definition) is 2. The van der Waals surface area contributed by atoms with Crippen molar-refractivity contribution >= 4 is 27.5 Å². The highest BCUT2D eigenvalue weighted by molar-refractivity contribution is 9.11. The van der Waals surface area contributed by atoms with Gasteiger partial charge in [-0.25, -0.2) is 0 Å². The summed E-state index contributed by atoms with van der Waals surface area (Å²) in [4.78, 5) is 11.7. The molecule has 0 atom stereocenters. The Kier molecular flexibility index (Phi) is 4.37. The first kappa shape index (κ1) is 12.6. The Morgan fingerprint density at radius 3 is 2.81 bits per heavy atom. The maximum absolute atomic E-state index is 11.7. The zero-order chi connectivity index (χ0) is 12.1. The van der Waals surface area contributed by atoms with Crippen LogP contribution in [0.4, 0.5) is 5.69 Å². The van der Waals surface area contributed by atoms with E-state index >= 15 is 0 Å². The first-order chi connectivity index (χ1) is 7.52. The molecule has 1 aromatic rings. The first-order valence-electron chi connectivity index (χ1n) is 4.59. The number of halogens is 1. The molecule has 0 aliphatic heterocycles. The van der Waals surface area contributed by atoms with E-state index in [0.717, 1.165) is 0 Å². The number of anilines is 1. The minimum Gasteiger partial charge on any atom is -0.497 e. The minimum atomic E-state index is -0.216. The van der Waals surface area contributed by atoms with Crippen LogP contribution < -0.4 is 15.8 Å². The molecular formula is C11H13BrN2O2. The SMILES string of the molecule is C=C(Br)CNC(=O)c1cc(N)cc(OC)c1. The lowest BCUT2D eigenvalue weighted by Gasteiger charge is -2.07. The number of carbonyl (C=O) groups is 1. The van der Waals surface area contributed by atoms with Crippen LogP contribution in [0.25, 0.3) is 0 Å². The fourth-order valence-corrected chi connectivity index (χ4v) is 1.29. The molecule has 1 aromatic carbocycles. The second-order valence-corrected chi connectivity index (χ2v) is 4.32. The Balaban J connectivity index is 2.82. The zero-order valence-corrected chi connectivity index (χ0v) is 10.5. The first-order valence-corrected chi connectivity index (χ1v) is 5.38. The molecule has 0 aliphatic carbocycles. The van der Waals surface area contributed by atoms with Crippen LogP contribution in [-0.4, -0.2) is 19.6 Å². The Labute approximate surface area is 103 Å². The number of benzene rings is 1. The van der Waals surface area contributed by atoms with E-state index in [4.69, 9.17) is 10.5 Å². The smallest absolute Gasteiger partial charge is 0.251 e. The molecule has 4 nitrogen and oxygen atoms in total. The maximum atomic E-state index is 11.7. The summed E-state index contributed by atoms with van der Waals surface area (Å²) in [6.07, 6.45) is 0. The van der Waals surface area contributed by atoms with Gasteiger partial charge in [0.2, 0.25) is 0 Å². The van der Waals surface area contributed by atoms with Gasteiger partial charge in [-0.1, -0.05) is 22.5 Å². The molecule has 0 bridgehead atoms. The van der Waals surface area contributed by atoms with Crippen molar-refractivity contribution in [2.75, 3.05) is 19.4 Å². The molecule has 0 aliphatic rings. The van der Waals surface area contributed by atoms with Gasteiger partial charge in [0.05, 0.1) is 7.11 Å². The Morgan fingerprint density at radius 1 is 1.56 bits per heavy atom. The fraction of sp³-hybridized carbons (Fsp3) is 0.182. The summed E-state index contributed by atoms with van der Waals surface area (Å²) in [7, 11) is 1.52. The Morgan fingerprint density at radius 2 is 2.25 bits per heavy atom. The molecule has 0 saturated heterocycles. The third-order valence-corrected chi connectivity index (χ3v) is 2.15. The van der Waals surface area contributed by atoms with E-state index in [1.54, 1.807) is 18.2 Å². The zero-order valence-electron chi connectivity index (χ0n) is 8.92. The number of amides is 1. The standard InChI is InChI=1S/C11H13BrN2O2/c1-7(12)6-14-11(15)8-3-9(13)5-10(4-8)16-2/h3-5H,1,6,13H2,2H3,(H,14,15). The third kappa shape index (κ3) is 3.58. The number of nitrogen functional groups attached to an aromatic ring is 1. The molecule has 0 saturated carbocycles.